The van der Waals surface area contributed by atoms with Gasteiger partial charge in [-0.2, -0.15) is 0 Å². The molecule has 0 spiro atoms. The second-order valence-corrected chi connectivity index (χ2v) is 4.74. The maximum absolute atomic E-state index is 11.1. The second-order valence-electron chi connectivity index (χ2n) is 4.74. The second kappa shape index (κ2) is 6.26. The molecule has 0 saturated carbocycles. The summed E-state index contributed by atoms with van der Waals surface area (Å²) < 4.78 is 10.7. The quantitative estimate of drug-likeness (QED) is 0.633. The molecule has 19 heavy (non-hydrogen) atoms. The van der Waals surface area contributed by atoms with Gasteiger partial charge in [-0.3, -0.25) is 10.1 Å². The van der Waals surface area contributed by atoms with E-state index in [0.29, 0.717) is 17.2 Å². The lowest BCUT2D eigenvalue weighted by molar-refractivity contribution is -0.384. The van der Waals surface area contributed by atoms with Gasteiger partial charge in [-0.15, -0.1) is 0 Å². The number of nitrogens with one attached hydrogen (secondary N) is 1. The molecule has 6 heteroatoms. The summed E-state index contributed by atoms with van der Waals surface area (Å²) in [5.41, 5.74) is 0.401. The Morgan fingerprint density at radius 1 is 1.21 bits per heavy atom. The monoisotopic (exact) mass is 268 g/mol. The third-order valence-corrected chi connectivity index (χ3v) is 2.29. The highest BCUT2D eigenvalue weighted by Gasteiger charge is 2.20. The van der Waals surface area contributed by atoms with Gasteiger partial charge in [0.2, 0.25) is 0 Å². The van der Waals surface area contributed by atoms with Crippen LogP contribution in [0.25, 0.3) is 0 Å². The van der Waals surface area contributed by atoms with Crippen molar-refractivity contribution in [3.8, 4) is 11.5 Å². The molecule has 1 aromatic carbocycles. The standard InChI is InChI=1S/C13H20N2O4/c1-8(2)14-10-6-13(19-9(3)4)12(18-5)7-11(10)15(16)17/h6-9,14H,1-5H3. The Balaban J connectivity index is 3.29. The summed E-state index contributed by atoms with van der Waals surface area (Å²) in [4.78, 5) is 10.6. The van der Waals surface area contributed by atoms with Crippen molar-refractivity contribution in [1.29, 1.82) is 0 Å². The summed E-state index contributed by atoms with van der Waals surface area (Å²) in [6.07, 6.45) is -0.0396. The molecular formula is C13H20N2O4. The van der Waals surface area contributed by atoms with E-state index in [1.165, 1.54) is 13.2 Å². The van der Waals surface area contributed by atoms with Crippen molar-refractivity contribution < 1.29 is 14.4 Å². The predicted octanol–water partition coefficient (Wildman–Crippen LogP) is 3.21. The minimum Gasteiger partial charge on any atom is -0.493 e. The average Bonchev–Trinajstić information content (AvgIpc) is 2.27. The summed E-state index contributed by atoms with van der Waals surface area (Å²) in [7, 11) is 1.46. The molecule has 0 heterocycles. The first-order valence-electron chi connectivity index (χ1n) is 6.14. The van der Waals surface area contributed by atoms with Crippen molar-refractivity contribution in [3.63, 3.8) is 0 Å². The lowest BCUT2D eigenvalue weighted by Gasteiger charge is -2.16. The Hall–Kier alpha value is -1.98. The molecule has 0 unspecified atom stereocenters. The number of anilines is 1. The van der Waals surface area contributed by atoms with Gasteiger partial charge in [0, 0.05) is 12.1 Å². The zero-order valence-corrected chi connectivity index (χ0v) is 11.9. The number of hydrogen-bond acceptors (Lipinski definition) is 5. The maximum atomic E-state index is 11.1. The summed E-state index contributed by atoms with van der Waals surface area (Å²) in [6, 6.07) is 3.07. The van der Waals surface area contributed by atoms with E-state index in [1.54, 1.807) is 6.07 Å². The number of nitro groups is 1. The van der Waals surface area contributed by atoms with Crippen molar-refractivity contribution in [2.24, 2.45) is 0 Å². The molecule has 0 saturated heterocycles. The third kappa shape index (κ3) is 4.01. The van der Waals surface area contributed by atoms with Crippen LogP contribution in [0.1, 0.15) is 27.7 Å². The lowest BCUT2D eigenvalue weighted by Crippen LogP contribution is -2.13. The number of hydrogen-bond donors (Lipinski definition) is 1. The summed E-state index contributed by atoms with van der Waals surface area (Å²) in [5, 5.41) is 14.1. The van der Waals surface area contributed by atoms with E-state index < -0.39 is 4.92 Å². The van der Waals surface area contributed by atoms with Crippen LogP contribution in [-0.4, -0.2) is 24.2 Å². The minimum atomic E-state index is -0.438. The molecule has 106 valence electrons. The van der Waals surface area contributed by atoms with Crippen LogP contribution in [-0.2, 0) is 0 Å². The van der Waals surface area contributed by atoms with Crippen LogP contribution in [0, 0.1) is 10.1 Å². The fourth-order valence-electron chi connectivity index (χ4n) is 1.63. The van der Waals surface area contributed by atoms with Crippen LogP contribution in [0.4, 0.5) is 11.4 Å². The van der Waals surface area contributed by atoms with Gasteiger partial charge >= 0.3 is 0 Å². The maximum Gasteiger partial charge on any atom is 0.296 e. The van der Waals surface area contributed by atoms with E-state index in [0.717, 1.165) is 0 Å². The molecule has 0 bridgehead atoms. The van der Waals surface area contributed by atoms with Crippen LogP contribution in [0.15, 0.2) is 12.1 Å². The van der Waals surface area contributed by atoms with E-state index in [4.69, 9.17) is 9.47 Å². The highest BCUT2D eigenvalue weighted by atomic mass is 16.6. The van der Waals surface area contributed by atoms with Crippen LogP contribution in [0.5, 0.6) is 11.5 Å². The van der Waals surface area contributed by atoms with Crippen molar-refractivity contribution in [2.75, 3.05) is 12.4 Å². The molecule has 1 N–H and O–H groups in total. The minimum absolute atomic E-state index is 0.0262. The first kappa shape index (κ1) is 15.1. The van der Waals surface area contributed by atoms with Gasteiger partial charge in [0.15, 0.2) is 11.5 Å². The first-order chi connectivity index (χ1) is 8.85. The highest BCUT2D eigenvalue weighted by Crippen LogP contribution is 2.38. The van der Waals surface area contributed by atoms with Gasteiger partial charge in [-0.05, 0) is 27.7 Å². The van der Waals surface area contributed by atoms with Gasteiger partial charge in [0.25, 0.3) is 5.69 Å². The zero-order valence-electron chi connectivity index (χ0n) is 11.9. The molecule has 1 rings (SSSR count). The van der Waals surface area contributed by atoms with Crippen molar-refractivity contribution in [1.82, 2.24) is 0 Å². The molecule has 1 aromatic rings. The Morgan fingerprint density at radius 3 is 2.26 bits per heavy atom. The molecule has 0 aromatic heterocycles. The fraction of sp³-hybridized carbons (Fsp3) is 0.538. The summed E-state index contributed by atoms with van der Waals surface area (Å²) in [5.74, 6) is 0.848. The number of benzene rings is 1. The summed E-state index contributed by atoms with van der Waals surface area (Å²) in [6.45, 7) is 7.60. The first-order valence-corrected chi connectivity index (χ1v) is 6.14. The van der Waals surface area contributed by atoms with Gasteiger partial charge in [-0.25, -0.2) is 0 Å². The number of nitrogens with zero attached hydrogens (tertiary/aromatic N) is 1. The Kier molecular flexibility index (Phi) is 4.97. The molecule has 0 radical (unpaired) electrons. The Morgan fingerprint density at radius 2 is 1.84 bits per heavy atom. The van der Waals surface area contributed by atoms with Crippen LogP contribution < -0.4 is 14.8 Å². The number of rotatable bonds is 6. The topological polar surface area (TPSA) is 73.6 Å². The van der Waals surface area contributed by atoms with Crippen molar-refractivity contribution in [3.05, 3.63) is 22.2 Å². The van der Waals surface area contributed by atoms with Gasteiger partial charge in [0.05, 0.1) is 24.2 Å². The van der Waals surface area contributed by atoms with E-state index in [1.807, 2.05) is 27.7 Å². The average molecular weight is 268 g/mol. The van der Waals surface area contributed by atoms with Gasteiger partial charge in [0.1, 0.15) is 5.69 Å². The van der Waals surface area contributed by atoms with E-state index in [9.17, 15) is 10.1 Å². The lowest BCUT2D eigenvalue weighted by atomic mass is 10.2. The number of nitro benzene ring substituents is 1. The van der Waals surface area contributed by atoms with Crippen LogP contribution in [0.2, 0.25) is 0 Å². The van der Waals surface area contributed by atoms with Crippen molar-refractivity contribution in [2.45, 2.75) is 39.8 Å². The molecule has 0 aliphatic carbocycles. The molecule has 0 fully saturated rings. The van der Waals surface area contributed by atoms with E-state index in [2.05, 4.69) is 5.32 Å². The normalized spacial score (nSPS) is 10.7. The highest BCUT2D eigenvalue weighted by molar-refractivity contribution is 5.68. The molecule has 0 aliphatic heterocycles. The Labute approximate surface area is 112 Å². The van der Waals surface area contributed by atoms with Gasteiger partial charge < -0.3 is 14.8 Å². The van der Waals surface area contributed by atoms with E-state index in [-0.39, 0.29) is 17.8 Å². The van der Waals surface area contributed by atoms with Crippen LogP contribution >= 0.6 is 0 Å². The molecule has 0 amide bonds. The Bertz CT molecular complexity index is 458. The number of methoxy groups -OCH3 is 1. The SMILES string of the molecule is COc1cc([N+](=O)[O-])c(NC(C)C)cc1OC(C)C. The molecule has 0 atom stereocenters. The third-order valence-electron chi connectivity index (χ3n) is 2.29. The van der Waals surface area contributed by atoms with Crippen molar-refractivity contribution >= 4 is 11.4 Å². The fourth-order valence-corrected chi connectivity index (χ4v) is 1.63. The number of ether oxygens (including phenoxy) is 2. The largest absolute Gasteiger partial charge is 0.493 e. The summed E-state index contributed by atoms with van der Waals surface area (Å²) >= 11 is 0. The van der Waals surface area contributed by atoms with E-state index >= 15 is 0 Å². The van der Waals surface area contributed by atoms with Crippen LogP contribution in [0.3, 0.4) is 0 Å². The molecule has 0 aliphatic rings. The zero-order chi connectivity index (χ0) is 14.6. The predicted molar refractivity (Wildman–Crippen MR) is 74.2 cm³/mol. The van der Waals surface area contributed by atoms with Gasteiger partial charge in [-0.1, -0.05) is 0 Å². The molecular weight excluding hydrogens is 248 g/mol. The smallest absolute Gasteiger partial charge is 0.296 e. The molecule has 6 nitrogen and oxygen atoms in total.